The van der Waals surface area contributed by atoms with Crippen molar-refractivity contribution in [1.82, 2.24) is 9.55 Å². The van der Waals surface area contributed by atoms with Gasteiger partial charge in [0.15, 0.2) is 18.2 Å². The van der Waals surface area contributed by atoms with Gasteiger partial charge >= 0.3 is 5.97 Å². The molecule has 0 N–H and O–H groups in total. The van der Waals surface area contributed by atoms with Gasteiger partial charge < -0.3 is 28.4 Å². The third kappa shape index (κ3) is 4.78. The molecule has 5 atom stereocenters. The van der Waals surface area contributed by atoms with Crippen molar-refractivity contribution in [2.24, 2.45) is 0 Å². The molecule has 9 nitrogen and oxygen atoms in total. The van der Waals surface area contributed by atoms with Crippen LogP contribution in [0.15, 0.2) is 49.1 Å². The van der Waals surface area contributed by atoms with Crippen LogP contribution in [0, 0.1) is 0 Å². The summed E-state index contributed by atoms with van der Waals surface area (Å²) < 4.78 is 36.7. The van der Waals surface area contributed by atoms with Gasteiger partial charge in [-0.05, 0) is 38.2 Å². The summed E-state index contributed by atoms with van der Waals surface area (Å²) in [6.07, 6.45) is 1.54. The number of fused-ring (bicyclic) bond motifs is 1. The number of aromatic nitrogens is 2. The number of esters is 1. The molecule has 1 aromatic heterocycles. The third-order valence-electron chi connectivity index (χ3n) is 5.00. The lowest BCUT2D eigenvalue weighted by molar-refractivity contribution is -0.269. The van der Waals surface area contributed by atoms with E-state index in [9.17, 15) is 4.79 Å². The summed E-state index contributed by atoms with van der Waals surface area (Å²) >= 11 is 5.41. The van der Waals surface area contributed by atoms with E-state index in [1.807, 2.05) is 6.07 Å². The van der Waals surface area contributed by atoms with Crippen molar-refractivity contribution in [3.8, 4) is 0 Å². The Bertz CT molecular complexity index is 906. The highest BCUT2D eigenvalue weighted by molar-refractivity contribution is 7.80. The lowest BCUT2D eigenvalue weighted by Crippen LogP contribution is -2.59. The summed E-state index contributed by atoms with van der Waals surface area (Å²) in [7, 11) is 1.51. The monoisotopic (exact) mass is 448 g/mol. The first kappa shape index (κ1) is 21.8. The third-order valence-corrected chi connectivity index (χ3v) is 5.31. The van der Waals surface area contributed by atoms with Gasteiger partial charge in [-0.2, -0.15) is 0 Å². The van der Waals surface area contributed by atoms with E-state index in [4.69, 9.17) is 40.6 Å². The molecule has 10 heteroatoms. The largest absolute Gasteiger partial charge is 0.461 e. The molecular formula is C21H24N2O7S. The van der Waals surface area contributed by atoms with Gasteiger partial charge in [-0.25, -0.2) is 9.78 Å². The second-order valence-corrected chi connectivity index (χ2v) is 7.98. The zero-order valence-corrected chi connectivity index (χ0v) is 18.2. The van der Waals surface area contributed by atoms with Crippen molar-refractivity contribution < 1.29 is 33.2 Å². The summed E-state index contributed by atoms with van der Waals surface area (Å²) in [5.74, 6) is -1.34. The molecule has 0 saturated carbocycles. The summed E-state index contributed by atoms with van der Waals surface area (Å²) in [6.45, 7) is 3.51. The number of ether oxygens (including phenoxy) is 6. The molecule has 2 aliphatic heterocycles. The molecule has 1 aromatic carbocycles. The number of hydrogen-bond acceptors (Lipinski definition) is 9. The molecule has 3 heterocycles. The number of methoxy groups -OCH3 is 1. The molecule has 2 aliphatic rings. The van der Waals surface area contributed by atoms with Crippen LogP contribution in [0.4, 0.5) is 0 Å². The predicted octanol–water partition coefficient (Wildman–Crippen LogP) is 2.15. The normalized spacial score (nSPS) is 29.2. The van der Waals surface area contributed by atoms with Crippen molar-refractivity contribution in [2.75, 3.05) is 13.7 Å². The highest BCUT2D eigenvalue weighted by Crippen LogP contribution is 2.39. The van der Waals surface area contributed by atoms with Crippen LogP contribution in [0.2, 0.25) is 0 Å². The van der Waals surface area contributed by atoms with E-state index in [1.54, 1.807) is 55.1 Å². The van der Waals surface area contributed by atoms with Crippen LogP contribution < -0.4 is 0 Å². The summed E-state index contributed by atoms with van der Waals surface area (Å²) in [5.41, 5.74) is 0.437. The lowest BCUT2D eigenvalue weighted by Gasteiger charge is -2.41. The Kier molecular flexibility index (Phi) is 6.35. The minimum absolute atomic E-state index is 0.0855. The van der Waals surface area contributed by atoms with Crippen molar-refractivity contribution in [1.29, 1.82) is 0 Å². The number of carbonyl (C=O) groups is 1. The Morgan fingerprint density at radius 2 is 1.97 bits per heavy atom. The first-order chi connectivity index (χ1) is 14.9. The number of thiocarbonyl (C=S) groups is 1. The van der Waals surface area contributed by atoms with Crippen molar-refractivity contribution in [3.05, 3.63) is 54.6 Å². The molecule has 31 heavy (non-hydrogen) atoms. The lowest BCUT2D eigenvalue weighted by atomic mass is 9.99. The van der Waals surface area contributed by atoms with Crippen LogP contribution in [0.25, 0.3) is 0 Å². The van der Waals surface area contributed by atoms with Gasteiger partial charge in [0.05, 0.1) is 5.56 Å². The van der Waals surface area contributed by atoms with E-state index in [0.717, 1.165) is 0 Å². The molecule has 0 radical (unpaired) electrons. The van der Waals surface area contributed by atoms with Gasteiger partial charge in [0.2, 0.25) is 0 Å². The van der Waals surface area contributed by atoms with E-state index in [-0.39, 0.29) is 11.8 Å². The second kappa shape index (κ2) is 9.01. The van der Waals surface area contributed by atoms with Crippen LogP contribution in [-0.2, 0) is 28.4 Å². The van der Waals surface area contributed by atoms with E-state index in [0.29, 0.717) is 5.56 Å². The zero-order chi connectivity index (χ0) is 22.0. The maximum absolute atomic E-state index is 12.4. The highest BCUT2D eigenvalue weighted by atomic mass is 32.1. The Morgan fingerprint density at radius 1 is 1.23 bits per heavy atom. The quantitative estimate of drug-likeness (QED) is 0.504. The van der Waals surface area contributed by atoms with E-state index in [2.05, 4.69) is 4.98 Å². The van der Waals surface area contributed by atoms with Crippen LogP contribution >= 0.6 is 12.2 Å². The van der Waals surface area contributed by atoms with Gasteiger partial charge in [0.25, 0.3) is 5.17 Å². The minimum atomic E-state index is -0.872. The number of rotatable bonds is 5. The predicted molar refractivity (Wildman–Crippen MR) is 111 cm³/mol. The van der Waals surface area contributed by atoms with Crippen LogP contribution in [0.5, 0.6) is 0 Å². The van der Waals surface area contributed by atoms with Crippen molar-refractivity contribution in [3.63, 3.8) is 0 Å². The van der Waals surface area contributed by atoms with Gasteiger partial charge in [-0.3, -0.25) is 4.57 Å². The second-order valence-electron chi connectivity index (χ2n) is 7.63. The standard InChI is InChI=1S/C21H24N2O7S/c1-21(2)29-16-15(28-20(31)23-10-9-22-12-23)14(27-19(25-3)17(16)30-21)11-26-18(24)13-7-5-4-6-8-13/h4-10,12,14-17,19H,11H2,1-3H3/t14-,15+,16-,17-,19-/m1/s1. The molecule has 0 amide bonds. The zero-order valence-electron chi connectivity index (χ0n) is 17.4. The number of imidazole rings is 1. The first-order valence-electron chi connectivity index (χ1n) is 9.83. The van der Waals surface area contributed by atoms with Gasteiger partial charge in [-0.15, -0.1) is 0 Å². The molecule has 0 aliphatic carbocycles. The maximum Gasteiger partial charge on any atom is 0.338 e. The molecule has 0 bridgehead atoms. The summed E-state index contributed by atoms with van der Waals surface area (Å²) in [5, 5.41) is 0.161. The highest BCUT2D eigenvalue weighted by Gasteiger charge is 2.57. The Hall–Kier alpha value is -2.37. The Balaban J connectivity index is 1.54. The first-order valence-corrected chi connectivity index (χ1v) is 10.2. The fraction of sp³-hybridized carbons (Fsp3) is 0.476. The summed E-state index contributed by atoms with van der Waals surface area (Å²) in [6, 6.07) is 8.71. The van der Waals surface area contributed by atoms with E-state index < -0.39 is 42.5 Å². The summed E-state index contributed by atoms with van der Waals surface area (Å²) in [4.78, 5) is 16.4. The number of nitrogens with zero attached hydrogens (tertiary/aromatic N) is 2. The van der Waals surface area contributed by atoms with Crippen LogP contribution in [0.1, 0.15) is 24.2 Å². The molecule has 2 aromatic rings. The molecule has 4 rings (SSSR count). The van der Waals surface area contributed by atoms with Gasteiger partial charge in [0, 0.05) is 19.5 Å². The fourth-order valence-corrected chi connectivity index (χ4v) is 3.87. The fourth-order valence-electron chi connectivity index (χ4n) is 3.65. The number of carbonyl (C=O) groups excluding carboxylic acids is 1. The molecule has 2 fully saturated rings. The molecule has 2 saturated heterocycles. The Labute approximate surface area is 185 Å². The number of benzene rings is 1. The molecular weight excluding hydrogens is 424 g/mol. The Morgan fingerprint density at radius 3 is 2.65 bits per heavy atom. The SMILES string of the molecule is CO[C@@H]1O[C@H](COC(=O)c2ccccc2)[C@H](OC(=S)n2ccnc2)[C@H]2OC(C)(C)O[C@@H]12. The minimum Gasteiger partial charge on any atom is -0.461 e. The average Bonchev–Trinajstić information content (AvgIpc) is 3.40. The number of hydrogen-bond donors (Lipinski definition) is 0. The van der Waals surface area contributed by atoms with Gasteiger partial charge in [-0.1, -0.05) is 18.2 Å². The molecule has 0 spiro atoms. The van der Waals surface area contributed by atoms with Crippen molar-refractivity contribution >= 4 is 23.4 Å². The molecule has 166 valence electrons. The molecule has 0 unspecified atom stereocenters. The smallest absolute Gasteiger partial charge is 0.338 e. The van der Waals surface area contributed by atoms with E-state index >= 15 is 0 Å². The maximum atomic E-state index is 12.4. The van der Waals surface area contributed by atoms with Gasteiger partial charge in [0.1, 0.15) is 31.2 Å². The van der Waals surface area contributed by atoms with Crippen LogP contribution in [0.3, 0.4) is 0 Å². The average molecular weight is 448 g/mol. The van der Waals surface area contributed by atoms with Crippen LogP contribution in [-0.4, -0.2) is 70.9 Å². The van der Waals surface area contributed by atoms with Crippen molar-refractivity contribution in [2.45, 2.75) is 50.3 Å². The van der Waals surface area contributed by atoms with E-state index in [1.165, 1.54) is 13.4 Å². The topological polar surface area (TPSA) is 90.3 Å².